The largest absolute Gasteiger partial charge is 0.383 e. The molecular formula is C17H24FN3O3. The first kappa shape index (κ1) is 18.4. The Kier molecular flexibility index (Phi) is 6.69. The maximum absolute atomic E-state index is 13.0. The number of carbonyl (C=O) groups excluding carboxylic acids is 2. The lowest BCUT2D eigenvalue weighted by atomic mass is 10.1. The summed E-state index contributed by atoms with van der Waals surface area (Å²) in [4.78, 5) is 28.1. The number of piperazine rings is 1. The van der Waals surface area contributed by atoms with Gasteiger partial charge in [-0.2, -0.15) is 0 Å². The summed E-state index contributed by atoms with van der Waals surface area (Å²) in [6.45, 7) is 2.65. The van der Waals surface area contributed by atoms with Gasteiger partial charge in [-0.1, -0.05) is 12.1 Å². The SMILES string of the molecule is COCCN(C)C(=O)CC1C(=O)NCCN1Cc1ccc(F)cc1. The van der Waals surface area contributed by atoms with Gasteiger partial charge in [-0.05, 0) is 17.7 Å². The standard InChI is InChI=1S/C17H24FN3O3/c1-20(9-10-24-2)16(22)11-15-17(23)19-7-8-21(15)12-13-3-5-14(18)6-4-13/h3-6,15H,7-12H2,1-2H3,(H,19,23). The van der Waals surface area contributed by atoms with Crippen molar-refractivity contribution in [1.82, 2.24) is 15.1 Å². The predicted molar refractivity (Wildman–Crippen MR) is 87.7 cm³/mol. The van der Waals surface area contributed by atoms with Gasteiger partial charge in [-0.25, -0.2) is 4.39 Å². The molecule has 1 fully saturated rings. The van der Waals surface area contributed by atoms with Crippen LogP contribution in [0.2, 0.25) is 0 Å². The molecule has 6 nitrogen and oxygen atoms in total. The van der Waals surface area contributed by atoms with Gasteiger partial charge < -0.3 is 15.0 Å². The number of hydrogen-bond acceptors (Lipinski definition) is 4. The van der Waals surface area contributed by atoms with Crippen molar-refractivity contribution in [2.45, 2.75) is 19.0 Å². The molecule has 0 bridgehead atoms. The Morgan fingerprint density at radius 1 is 1.42 bits per heavy atom. The van der Waals surface area contributed by atoms with Crippen LogP contribution in [0.1, 0.15) is 12.0 Å². The number of rotatable bonds is 7. The van der Waals surface area contributed by atoms with Crippen LogP contribution in [0.25, 0.3) is 0 Å². The van der Waals surface area contributed by atoms with E-state index >= 15 is 0 Å². The molecule has 7 heteroatoms. The van der Waals surface area contributed by atoms with E-state index < -0.39 is 6.04 Å². The van der Waals surface area contributed by atoms with Gasteiger partial charge in [0.15, 0.2) is 0 Å². The number of carbonyl (C=O) groups is 2. The molecule has 0 aliphatic carbocycles. The molecule has 24 heavy (non-hydrogen) atoms. The lowest BCUT2D eigenvalue weighted by Crippen LogP contribution is -2.56. The summed E-state index contributed by atoms with van der Waals surface area (Å²) in [5.41, 5.74) is 0.913. The Morgan fingerprint density at radius 3 is 2.79 bits per heavy atom. The second kappa shape index (κ2) is 8.75. The molecule has 1 aromatic rings. The first-order chi connectivity index (χ1) is 11.5. The zero-order valence-electron chi connectivity index (χ0n) is 14.1. The van der Waals surface area contributed by atoms with Crippen LogP contribution in [-0.2, 0) is 20.9 Å². The van der Waals surface area contributed by atoms with Crippen LogP contribution in [0, 0.1) is 5.82 Å². The van der Waals surface area contributed by atoms with Crippen molar-refractivity contribution < 1.29 is 18.7 Å². The smallest absolute Gasteiger partial charge is 0.237 e. The highest BCUT2D eigenvalue weighted by atomic mass is 19.1. The highest BCUT2D eigenvalue weighted by Crippen LogP contribution is 2.15. The van der Waals surface area contributed by atoms with Gasteiger partial charge in [0.1, 0.15) is 5.82 Å². The molecule has 1 saturated heterocycles. The molecule has 1 N–H and O–H groups in total. The van der Waals surface area contributed by atoms with E-state index in [0.717, 1.165) is 5.56 Å². The number of likely N-dealkylation sites (N-methyl/N-ethyl adjacent to an activating group) is 1. The predicted octanol–water partition coefficient (Wildman–Crippen LogP) is 0.621. The highest BCUT2D eigenvalue weighted by molar-refractivity contribution is 5.88. The molecule has 1 aromatic carbocycles. The molecule has 1 atom stereocenters. The summed E-state index contributed by atoms with van der Waals surface area (Å²) < 4.78 is 18.0. The van der Waals surface area contributed by atoms with E-state index in [0.29, 0.717) is 32.8 Å². The first-order valence-electron chi connectivity index (χ1n) is 8.00. The third kappa shape index (κ3) is 5.01. The normalized spacial score (nSPS) is 18.3. The van der Waals surface area contributed by atoms with Crippen molar-refractivity contribution in [2.24, 2.45) is 0 Å². The van der Waals surface area contributed by atoms with Gasteiger partial charge in [0.2, 0.25) is 11.8 Å². The van der Waals surface area contributed by atoms with E-state index in [4.69, 9.17) is 4.74 Å². The molecule has 0 spiro atoms. The van der Waals surface area contributed by atoms with Crippen molar-refractivity contribution in [2.75, 3.05) is 40.4 Å². The fraction of sp³-hybridized carbons (Fsp3) is 0.529. The van der Waals surface area contributed by atoms with Gasteiger partial charge in [-0.15, -0.1) is 0 Å². The minimum absolute atomic E-state index is 0.0989. The quantitative estimate of drug-likeness (QED) is 0.792. The number of halogens is 1. The van der Waals surface area contributed by atoms with Crippen molar-refractivity contribution in [3.8, 4) is 0 Å². The van der Waals surface area contributed by atoms with Crippen molar-refractivity contribution >= 4 is 11.8 Å². The Balaban J connectivity index is 2.01. The van der Waals surface area contributed by atoms with Gasteiger partial charge in [0, 0.05) is 40.3 Å². The lowest BCUT2D eigenvalue weighted by Gasteiger charge is -2.35. The lowest BCUT2D eigenvalue weighted by molar-refractivity contribution is -0.138. The summed E-state index contributed by atoms with van der Waals surface area (Å²) in [6, 6.07) is 5.69. The monoisotopic (exact) mass is 337 g/mol. The van der Waals surface area contributed by atoms with Crippen LogP contribution >= 0.6 is 0 Å². The number of amides is 2. The molecule has 1 heterocycles. The Hall–Kier alpha value is -1.99. The van der Waals surface area contributed by atoms with E-state index in [-0.39, 0.29) is 24.1 Å². The van der Waals surface area contributed by atoms with Crippen LogP contribution in [0.4, 0.5) is 4.39 Å². The van der Waals surface area contributed by atoms with E-state index in [1.807, 2.05) is 4.90 Å². The topological polar surface area (TPSA) is 61.9 Å². The second-order valence-corrected chi connectivity index (χ2v) is 5.92. The third-order valence-electron chi connectivity index (χ3n) is 4.17. The number of hydrogen-bond donors (Lipinski definition) is 1. The van der Waals surface area contributed by atoms with Gasteiger partial charge >= 0.3 is 0 Å². The van der Waals surface area contributed by atoms with E-state index in [1.54, 1.807) is 31.2 Å². The summed E-state index contributed by atoms with van der Waals surface area (Å²) in [6.07, 6.45) is 0.118. The van der Waals surface area contributed by atoms with Crippen LogP contribution in [0.5, 0.6) is 0 Å². The highest BCUT2D eigenvalue weighted by Gasteiger charge is 2.32. The van der Waals surface area contributed by atoms with Crippen LogP contribution in [0.15, 0.2) is 24.3 Å². The number of nitrogens with one attached hydrogen (secondary N) is 1. The average molecular weight is 337 g/mol. The van der Waals surface area contributed by atoms with E-state index in [9.17, 15) is 14.0 Å². The third-order valence-corrected chi connectivity index (χ3v) is 4.17. The minimum atomic E-state index is -0.513. The van der Waals surface area contributed by atoms with Crippen molar-refractivity contribution in [1.29, 1.82) is 0 Å². The molecule has 2 rings (SSSR count). The Morgan fingerprint density at radius 2 is 2.12 bits per heavy atom. The molecular weight excluding hydrogens is 313 g/mol. The van der Waals surface area contributed by atoms with Gasteiger partial charge in [0.05, 0.1) is 19.1 Å². The number of nitrogens with zero attached hydrogens (tertiary/aromatic N) is 2. The molecule has 1 aliphatic rings. The first-order valence-corrected chi connectivity index (χ1v) is 8.00. The average Bonchev–Trinajstić information content (AvgIpc) is 2.57. The summed E-state index contributed by atoms with van der Waals surface area (Å²) in [5.74, 6) is -0.531. The summed E-state index contributed by atoms with van der Waals surface area (Å²) >= 11 is 0. The Bertz CT molecular complexity index is 565. The van der Waals surface area contributed by atoms with E-state index in [1.165, 1.54) is 12.1 Å². The minimum Gasteiger partial charge on any atom is -0.383 e. The molecule has 1 unspecified atom stereocenters. The molecule has 2 amide bonds. The summed E-state index contributed by atoms with van der Waals surface area (Å²) in [5, 5.41) is 2.81. The molecule has 1 aliphatic heterocycles. The zero-order chi connectivity index (χ0) is 17.5. The number of methoxy groups -OCH3 is 1. The molecule has 0 aromatic heterocycles. The maximum Gasteiger partial charge on any atom is 0.237 e. The second-order valence-electron chi connectivity index (χ2n) is 5.92. The Labute approximate surface area is 141 Å². The molecule has 132 valence electrons. The van der Waals surface area contributed by atoms with Crippen LogP contribution in [-0.4, -0.2) is 68.1 Å². The van der Waals surface area contributed by atoms with Crippen molar-refractivity contribution in [3.05, 3.63) is 35.6 Å². The maximum atomic E-state index is 13.0. The number of ether oxygens (including phenoxy) is 1. The fourth-order valence-corrected chi connectivity index (χ4v) is 2.67. The van der Waals surface area contributed by atoms with Crippen LogP contribution < -0.4 is 5.32 Å². The van der Waals surface area contributed by atoms with Crippen LogP contribution in [0.3, 0.4) is 0 Å². The summed E-state index contributed by atoms with van der Waals surface area (Å²) in [7, 11) is 3.28. The fourth-order valence-electron chi connectivity index (χ4n) is 2.67. The van der Waals surface area contributed by atoms with Gasteiger partial charge in [0.25, 0.3) is 0 Å². The van der Waals surface area contributed by atoms with Crippen molar-refractivity contribution in [3.63, 3.8) is 0 Å². The number of benzene rings is 1. The molecule has 0 saturated carbocycles. The van der Waals surface area contributed by atoms with Gasteiger partial charge in [-0.3, -0.25) is 14.5 Å². The van der Waals surface area contributed by atoms with E-state index in [2.05, 4.69) is 5.32 Å². The molecule has 0 radical (unpaired) electrons. The zero-order valence-corrected chi connectivity index (χ0v) is 14.1.